The highest BCUT2D eigenvalue weighted by Crippen LogP contribution is 2.33. The van der Waals surface area contributed by atoms with Gasteiger partial charge in [-0.05, 0) is 54.3 Å². The summed E-state index contributed by atoms with van der Waals surface area (Å²) in [7, 11) is 0. The van der Waals surface area contributed by atoms with E-state index in [9.17, 15) is 15.0 Å². The lowest BCUT2D eigenvalue weighted by atomic mass is 10.0. The first-order chi connectivity index (χ1) is 10.6. The average molecular weight is 296 g/mol. The summed E-state index contributed by atoms with van der Waals surface area (Å²) in [5.74, 6) is 0.739. The molecule has 4 heteroatoms. The predicted octanol–water partition coefficient (Wildman–Crippen LogP) is 2.86. The van der Waals surface area contributed by atoms with Gasteiger partial charge in [-0.1, -0.05) is 18.2 Å². The van der Waals surface area contributed by atoms with Gasteiger partial charge in [-0.15, -0.1) is 0 Å². The van der Waals surface area contributed by atoms with Gasteiger partial charge in [0.1, 0.15) is 17.2 Å². The number of carbonyl (C=O) groups excluding carboxylic acids is 1. The Morgan fingerprint density at radius 1 is 1.00 bits per heavy atom. The summed E-state index contributed by atoms with van der Waals surface area (Å²) in [4.78, 5) is 11.4. The van der Waals surface area contributed by atoms with Crippen LogP contribution in [0, 0.1) is 0 Å². The van der Waals surface area contributed by atoms with Crippen molar-refractivity contribution in [2.45, 2.75) is 12.8 Å². The van der Waals surface area contributed by atoms with E-state index in [2.05, 4.69) is 0 Å². The van der Waals surface area contributed by atoms with Crippen LogP contribution in [0.15, 0.2) is 42.5 Å². The van der Waals surface area contributed by atoms with E-state index in [4.69, 9.17) is 4.74 Å². The molecule has 0 spiro atoms. The Hall–Kier alpha value is -2.75. The molecular formula is C18H16O4. The number of ketones is 1. The van der Waals surface area contributed by atoms with Crippen molar-refractivity contribution in [1.82, 2.24) is 0 Å². The van der Waals surface area contributed by atoms with Gasteiger partial charge >= 0.3 is 0 Å². The molecule has 2 aromatic carbocycles. The molecule has 0 bridgehead atoms. The van der Waals surface area contributed by atoms with Crippen molar-refractivity contribution in [1.29, 1.82) is 0 Å². The Kier molecular flexibility index (Phi) is 3.83. The minimum atomic E-state index is -0.133. The van der Waals surface area contributed by atoms with E-state index in [1.165, 1.54) is 6.08 Å². The van der Waals surface area contributed by atoms with E-state index in [0.29, 0.717) is 24.2 Å². The van der Waals surface area contributed by atoms with Crippen molar-refractivity contribution in [2.24, 2.45) is 0 Å². The van der Waals surface area contributed by atoms with Crippen molar-refractivity contribution in [2.75, 3.05) is 6.61 Å². The van der Waals surface area contributed by atoms with Gasteiger partial charge in [-0.3, -0.25) is 4.79 Å². The van der Waals surface area contributed by atoms with E-state index in [1.54, 1.807) is 24.3 Å². The summed E-state index contributed by atoms with van der Waals surface area (Å²) in [6.07, 6.45) is 4.29. The maximum absolute atomic E-state index is 11.4. The zero-order valence-corrected chi connectivity index (χ0v) is 12.0. The van der Waals surface area contributed by atoms with E-state index < -0.39 is 0 Å². The SMILES string of the molecule is O=C1C=Cc2c(O)cc(CCc3ccccc3O)cc2OC1. The van der Waals surface area contributed by atoms with Crippen LogP contribution in [0.25, 0.3) is 6.08 Å². The summed E-state index contributed by atoms with van der Waals surface area (Å²) >= 11 is 0. The van der Waals surface area contributed by atoms with Crippen molar-refractivity contribution in [3.63, 3.8) is 0 Å². The number of aryl methyl sites for hydroxylation is 2. The number of para-hydroxylation sites is 1. The molecule has 0 radical (unpaired) electrons. The molecule has 0 aromatic heterocycles. The fraction of sp³-hybridized carbons (Fsp3) is 0.167. The summed E-state index contributed by atoms with van der Waals surface area (Å²) in [6, 6.07) is 10.7. The van der Waals surface area contributed by atoms with Crippen LogP contribution in [-0.2, 0) is 17.6 Å². The standard InChI is InChI=1S/C18H16O4/c19-14-7-8-15-17(21)9-12(10-18(15)22-11-14)5-6-13-3-1-2-4-16(13)20/h1-4,7-10,20-21H,5-6,11H2. The summed E-state index contributed by atoms with van der Waals surface area (Å²) < 4.78 is 5.44. The molecule has 2 aromatic rings. The number of phenolic OH excluding ortho intramolecular Hbond substituents is 2. The van der Waals surface area contributed by atoms with Gasteiger partial charge in [-0.25, -0.2) is 0 Å². The molecule has 0 fully saturated rings. The normalized spacial score (nSPS) is 13.4. The van der Waals surface area contributed by atoms with E-state index in [-0.39, 0.29) is 23.9 Å². The first-order valence-corrected chi connectivity index (χ1v) is 7.10. The Morgan fingerprint density at radius 2 is 1.82 bits per heavy atom. The van der Waals surface area contributed by atoms with Crippen LogP contribution in [0.5, 0.6) is 17.2 Å². The second-order valence-electron chi connectivity index (χ2n) is 5.24. The van der Waals surface area contributed by atoms with Crippen LogP contribution < -0.4 is 4.74 Å². The van der Waals surface area contributed by atoms with Crippen molar-refractivity contribution in [3.8, 4) is 17.2 Å². The molecule has 0 saturated heterocycles. The highest BCUT2D eigenvalue weighted by Gasteiger charge is 2.14. The van der Waals surface area contributed by atoms with Gasteiger partial charge in [0.25, 0.3) is 0 Å². The van der Waals surface area contributed by atoms with Crippen LogP contribution in [0.2, 0.25) is 0 Å². The highest BCUT2D eigenvalue weighted by atomic mass is 16.5. The van der Waals surface area contributed by atoms with Crippen LogP contribution in [-0.4, -0.2) is 22.6 Å². The molecule has 2 N–H and O–H groups in total. The third-order valence-electron chi connectivity index (χ3n) is 3.66. The van der Waals surface area contributed by atoms with E-state index in [1.807, 2.05) is 18.2 Å². The third kappa shape index (κ3) is 2.96. The molecule has 4 nitrogen and oxygen atoms in total. The topological polar surface area (TPSA) is 66.8 Å². The fourth-order valence-electron chi connectivity index (χ4n) is 2.47. The maximum atomic E-state index is 11.4. The number of hydrogen-bond acceptors (Lipinski definition) is 4. The largest absolute Gasteiger partial charge is 0.508 e. The summed E-state index contributed by atoms with van der Waals surface area (Å²) in [6.45, 7) is -0.0220. The second-order valence-corrected chi connectivity index (χ2v) is 5.24. The quantitative estimate of drug-likeness (QED) is 0.914. The second kappa shape index (κ2) is 5.93. The lowest BCUT2D eigenvalue weighted by molar-refractivity contribution is -0.116. The molecule has 3 rings (SSSR count). The maximum Gasteiger partial charge on any atom is 0.193 e. The minimum Gasteiger partial charge on any atom is -0.508 e. The fourth-order valence-corrected chi connectivity index (χ4v) is 2.47. The molecule has 1 aliphatic heterocycles. The zero-order valence-electron chi connectivity index (χ0n) is 12.0. The minimum absolute atomic E-state index is 0.0220. The van der Waals surface area contributed by atoms with Crippen LogP contribution in [0.3, 0.4) is 0 Å². The first kappa shape index (κ1) is 14.2. The number of carbonyl (C=O) groups is 1. The molecule has 0 amide bonds. The molecule has 0 aliphatic carbocycles. The average Bonchev–Trinajstić information content (AvgIpc) is 2.69. The Balaban J connectivity index is 1.82. The number of hydrogen-bond donors (Lipinski definition) is 2. The zero-order chi connectivity index (χ0) is 15.5. The molecule has 0 unspecified atom stereocenters. The van der Waals surface area contributed by atoms with Crippen molar-refractivity contribution >= 4 is 11.9 Å². The molecule has 1 aliphatic rings. The first-order valence-electron chi connectivity index (χ1n) is 7.10. The van der Waals surface area contributed by atoms with Gasteiger partial charge in [-0.2, -0.15) is 0 Å². The summed E-state index contributed by atoms with van der Waals surface area (Å²) in [5, 5.41) is 19.9. The summed E-state index contributed by atoms with van der Waals surface area (Å²) in [5.41, 5.74) is 2.27. The predicted molar refractivity (Wildman–Crippen MR) is 83.2 cm³/mol. The molecule has 0 saturated carbocycles. The number of phenols is 2. The number of ether oxygens (including phenoxy) is 1. The van der Waals surface area contributed by atoms with Crippen LogP contribution in [0.1, 0.15) is 16.7 Å². The number of aromatic hydroxyl groups is 2. The molecule has 1 heterocycles. The number of rotatable bonds is 3. The number of fused-ring (bicyclic) bond motifs is 1. The molecule has 112 valence electrons. The molecule has 22 heavy (non-hydrogen) atoms. The number of benzene rings is 2. The van der Waals surface area contributed by atoms with Gasteiger partial charge in [0.2, 0.25) is 0 Å². The lowest BCUT2D eigenvalue weighted by Crippen LogP contribution is -2.06. The third-order valence-corrected chi connectivity index (χ3v) is 3.66. The highest BCUT2D eigenvalue weighted by molar-refractivity contribution is 5.96. The Labute approximate surface area is 128 Å². The van der Waals surface area contributed by atoms with Crippen molar-refractivity contribution < 1.29 is 19.7 Å². The van der Waals surface area contributed by atoms with Crippen molar-refractivity contribution in [3.05, 3.63) is 59.2 Å². The van der Waals surface area contributed by atoms with Crippen LogP contribution >= 0.6 is 0 Å². The van der Waals surface area contributed by atoms with Gasteiger partial charge in [0, 0.05) is 0 Å². The van der Waals surface area contributed by atoms with E-state index >= 15 is 0 Å². The van der Waals surface area contributed by atoms with Crippen LogP contribution in [0.4, 0.5) is 0 Å². The van der Waals surface area contributed by atoms with E-state index in [0.717, 1.165) is 11.1 Å². The van der Waals surface area contributed by atoms with Gasteiger partial charge < -0.3 is 14.9 Å². The lowest BCUT2D eigenvalue weighted by Gasteiger charge is -2.11. The smallest absolute Gasteiger partial charge is 0.193 e. The monoisotopic (exact) mass is 296 g/mol. The molecular weight excluding hydrogens is 280 g/mol. The Bertz CT molecular complexity index is 747. The Morgan fingerprint density at radius 3 is 2.64 bits per heavy atom. The van der Waals surface area contributed by atoms with Gasteiger partial charge in [0.15, 0.2) is 12.4 Å². The molecule has 0 atom stereocenters. The van der Waals surface area contributed by atoms with Gasteiger partial charge in [0.05, 0.1) is 5.56 Å².